The van der Waals surface area contributed by atoms with Gasteiger partial charge in [-0.2, -0.15) is 0 Å². The Kier molecular flexibility index (Phi) is 8.21. The molecule has 0 spiro atoms. The van der Waals surface area contributed by atoms with Crippen LogP contribution < -0.4 is 10.6 Å². The number of carbonyl (C=O) groups excluding carboxylic acids is 2. The fraction of sp³-hybridized carbons (Fsp3) is 0.333. The first-order valence-corrected chi connectivity index (χ1v) is 8.82. The summed E-state index contributed by atoms with van der Waals surface area (Å²) in [5.41, 5.74) is -0.124. The topological polar surface area (TPSA) is 115 Å². The van der Waals surface area contributed by atoms with E-state index >= 15 is 0 Å². The van der Waals surface area contributed by atoms with Gasteiger partial charge in [0.05, 0.1) is 17.5 Å². The lowest BCUT2D eigenvalue weighted by molar-refractivity contribution is -0.118. The van der Waals surface area contributed by atoms with Gasteiger partial charge in [-0.25, -0.2) is 0 Å². The summed E-state index contributed by atoms with van der Waals surface area (Å²) in [5.74, 6) is -0.941. The molecule has 1 atom stereocenters. The van der Waals surface area contributed by atoms with E-state index in [0.717, 1.165) is 11.8 Å². The Balaban J connectivity index is 2.52. The molecule has 2 amide bonds. The zero-order valence-electron chi connectivity index (χ0n) is 15.1. The number of rotatable bonds is 7. The molecular weight excluding hydrogens is 352 g/mol. The highest BCUT2D eigenvalue weighted by molar-refractivity contribution is 8.14. The summed E-state index contributed by atoms with van der Waals surface area (Å²) in [6.07, 6.45) is 3.05. The first kappa shape index (κ1) is 21.6. The van der Waals surface area contributed by atoms with Gasteiger partial charge in [-0.15, -0.1) is 0 Å². The summed E-state index contributed by atoms with van der Waals surface area (Å²) < 4.78 is 0. The third-order valence-electron chi connectivity index (χ3n) is 3.18. The van der Waals surface area contributed by atoms with Crippen LogP contribution in [0.2, 0.25) is 0 Å². The van der Waals surface area contributed by atoms with Crippen LogP contribution in [-0.4, -0.2) is 40.2 Å². The van der Waals surface area contributed by atoms with Gasteiger partial charge in [-0.3, -0.25) is 20.0 Å². The van der Waals surface area contributed by atoms with E-state index in [4.69, 9.17) is 5.41 Å². The van der Waals surface area contributed by atoms with Gasteiger partial charge < -0.3 is 15.7 Å². The number of amides is 2. The molecular formula is C18H24N4O3S. The van der Waals surface area contributed by atoms with Crippen LogP contribution in [0.5, 0.6) is 0 Å². The van der Waals surface area contributed by atoms with Crippen molar-refractivity contribution >= 4 is 35.0 Å². The second-order valence-electron chi connectivity index (χ2n) is 5.95. The lowest BCUT2D eigenvalue weighted by Gasteiger charge is -2.18. The van der Waals surface area contributed by atoms with E-state index < -0.39 is 17.4 Å². The Hall–Kier alpha value is -2.45. The molecule has 7 nitrogen and oxygen atoms in total. The summed E-state index contributed by atoms with van der Waals surface area (Å²) in [6.45, 7) is 8.28. The number of hydrogen-bond donors (Lipinski definition) is 4. The Morgan fingerprint density at radius 3 is 2.77 bits per heavy atom. The predicted molar refractivity (Wildman–Crippen MR) is 106 cm³/mol. The number of aliphatic imine (C=N–C) groups is 1. The fourth-order valence-corrected chi connectivity index (χ4v) is 2.53. The summed E-state index contributed by atoms with van der Waals surface area (Å²) in [7, 11) is 0. The van der Waals surface area contributed by atoms with Gasteiger partial charge in [0.1, 0.15) is 0 Å². The first-order valence-electron chi connectivity index (χ1n) is 7.94. The van der Waals surface area contributed by atoms with Crippen LogP contribution in [0.4, 0.5) is 0 Å². The lowest BCUT2D eigenvalue weighted by Crippen LogP contribution is -2.39. The molecule has 0 saturated carbocycles. The van der Waals surface area contributed by atoms with Gasteiger partial charge >= 0.3 is 0 Å². The van der Waals surface area contributed by atoms with Crippen molar-refractivity contribution in [1.82, 2.24) is 10.6 Å². The highest BCUT2D eigenvalue weighted by Crippen LogP contribution is 2.20. The first-order chi connectivity index (χ1) is 12.1. The minimum atomic E-state index is -1.06. The maximum absolute atomic E-state index is 12.1. The third-order valence-corrected chi connectivity index (χ3v) is 3.98. The zero-order chi connectivity index (χ0) is 19.7. The number of carbonyl (C=O) groups is 2. The number of thioether (sulfide) groups is 1. The molecule has 0 aliphatic rings. The van der Waals surface area contributed by atoms with E-state index in [1.54, 1.807) is 45.0 Å². The van der Waals surface area contributed by atoms with Crippen LogP contribution in [0, 0.1) is 5.41 Å². The minimum Gasteiger partial charge on any atom is -0.386 e. The molecule has 0 radical (unpaired) electrons. The van der Waals surface area contributed by atoms with E-state index in [2.05, 4.69) is 22.2 Å². The molecule has 0 bridgehead atoms. The second-order valence-corrected chi connectivity index (χ2v) is 7.28. The summed E-state index contributed by atoms with van der Waals surface area (Å²) in [5, 5.41) is 22.3. The molecule has 0 fully saturated rings. The fourth-order valence-electron chi connectivity index (χ4n) is 1.89. The smallest absolute Gasteiger partial charge is 0.251 e. The Morgan fingerprint density at radius 2 is 2.15 bits per heavy atom. The molecule has 1 aromatic carbocycles. The van der Waals surface area contributed by atoms with Gasteiger partial charge in [0, 0.05) is 11.8 Å². The number of amidine groups is 1. The molecule has 0 heterocycles. The van der Waals surface area contributed by atoms with E-state index in [9.17, 15) is 14.7 Å². The molecule has 1 aromatic rings. The number of nitrogens with one attached hydrogen (secondary N) is 3. The van der Waals surface area contributed by atoms with E-state index in [1.807, 2.05) is 0 Å². The average Bonchev–Trinajstić information content (AvgIpc) is 2.57. The number of aliphatic hydroxyl groups is 1. The zero-order valence-corrected chi connectivity index (χ0v) is 15.9. The Bertz CT molecular complexity index is 711. The monoisotopic (exact) mass is 376 g/mol. The van der Waals surface area contributed by atoms with Crippen molar-refractivity contribution in [2.24, 2.45) is 4.99 Å². The molecule has 140 valence electrons. The van der Waals surface area contributed by atoms with Crippen molar-refractivity contribution in [2.45, 2.75) is 31.7 Å². The molecule has 4 N–H and O–H groups in total. The average molecular weight is 376 g/mol. The van der Waals surface area contributed by atoms with Crippen LogP contribution in [-0.2, 0) is 10.4 Å². The molecule has 0 aliphatic heterocycles. The van der Waals surface area contributed by atoms with Gasteiger partial charge in [-0.1, -0.05) is 36.5 Å². The predicted octanol–water partition coefficient (Wildman–Crippen LogP) is 2.03. The van der Waals surface area contributed by atoms with E-state index in [-0.39, 0.29) is 17.1 Å². The SMILES string of the molecule is C=C/C=N\C(C)SC(=N)NC(=O)CNC(=O)c1cccc(C(C)(C)O)c1. The van der Waals surface area contributed by atoms with Crippen LogP contribution >= 0.6 is 11.8 Å². The van der Waals surface area contributed by atoms with Crippen molar-refractivity contribution in [3.8, 4) is 0 Å². The van der Waals surface area contributed by atoms with Gasteiger partial charge in [0.15, 0.2) is 5.17 Å². The summed E-state index contributed by atoms with van der Waals surface area (Å²) in [6, 6.07) is 6.56. The standard InChI is InChI=1S/C18H24N4O3S/c1-5-9-20-12(2)26-17(19)22-15(23)11-21-16(24)13-7-6-8-14(10-13)18(3,4)25/h5-10,12,25H,1,11H2,2-4H3,(H,21,24)(H2,19,22,23)/b20-9-. The molecule has 0 aliphatic carbocycles. The molecule has 0 aromatic heterocycles. The van der Waals surface area contributed by atoms with Crippen molar-refractivity contribution in [3.63, 3.8) is 0 Å². The number of hydrogen-bond acceptors (Lipinski definition) is 6. The van der Waals surface area contributed by atoms with Crippen LogP contribution in [0.25, 0.3) is 0 Å². The third kappa shape index (κ3) is 7.62. The van der Waals surface area contributed by atoms with Crippen LogP contribution in [0.15, 0.2) is 41.9 Å². The maximum Gasteiger partial charge on any atom is 0.251 e. The van der Waals surface area contributed by atoms with Gasteiger partial charge in [0.2, 0.25) is 5.91 Å². The van der Waals surface area contributed by atoms with Crippen LogP contribution in [0.3, 0.4) is 0 Å². The normalized spacial score (nSPS) is 12.5. The van der Waals surface area contributed by atoms with Crippen molar-refractivity contribution in [1.29, 1.82) is 5.41 Å². The summed E-state index contributed by atoms with van der Waals surface area (Å²) >= 11 is 1.07. The highest BCUT2D eigenvalue weighted by atomic mass is 32.2. The molecule has 26 heavy (non-hydrogen) atoms. The quantitative estimate of drug-likeness (QED) is 0.430. The second kappa shape index (κ2) is 9.88. The van der Waals surface area contributed by atoms with E-state index in [1.165, 1.54) is 12.3 Å². The molecule has 0 saturated heterocycles. The minimum absolute atomic E-state index is 0.0537. The Labute approximate surface area is 157 Å². The number of allylic oxidation sites excluding steroid dienone is 1. The van der Waals surface area contributed by atoms with Crippen LogP contribution in [0.1, 0.15) is 36.7 Å². The van der Waals surface area contributed by atoms with Crippen molar-refractivity contribution < 1.29 is 14.7 Å². The van der Waals surface area contributed by atoms with Gasteiger partial charge in [-0.05, 0) is 38.5 Å². The number of benzene rings is 1. The Morgan fingerprint density at radius 1 is 1.46 bits per heavy atom. The molecule has 1 unspecified atom stereocenters. The number of nitrogens with zero attached hydrogens (tertiary/aromatic N) is 1. The maximum atomic E-state index is 12.1. The van der Waals surface area contributed by atoms with Gasteiger partial charge in [0.25, 0.3) is 5.91 Å². The lowest BCUT2D eigenvalue weighted by atomic mass is 9.96. The highest BCUT2D eigenvalue weighted by Gasteiger charge is 2.18. The largest absolute Gasteiger partial charge is 0.386 e. The summed E-state index contributed by atoms with van der Waals surface area (Å²) in [4.78, 5) is 28.1. The molecule has 8 heteroatoms. The molecule has 1 rings (SSSR count). The van der Waals surface area contributed by atoms with Crippen molar-refractivity contribution in [2.75, 3.05) is 6.54 Å². The van der Waals surface area contributed by atoms with E-state index in [0.29, 0.717) is 11.1 Å². The van der Waals surface area contributed by atoms with Crippen molar-refractivity contribution in [3.05, 3.63) is 48.0 Å².